The molecule has 1 aliphatic rings. The van der Waals surface area contributed by atoms with Crippen molar-refractivity contribution in [1.29, 1.82) is 0 Å². The predicted octanol–water partition coefficient (Wildman–Crippen LogP) is 0.0516. The Morgan fingerprint density at radius 2 is 2.00 bits per heavy atom. The fraction of sp³-hybridized carbons (Fsp3) is 0.333. The number of carbonyl (C=O) groups is 3. The number of amides is 4. The van der Waals surface area contributed by atoms with Crippen molar-refractivity contribution < 1.29 is 14.4 Å². The smallest absolute Gasteiger partial charge is 0.322 e. The Kier molecular flexibility index (Phi) is 4.95. The SMILES string of the molecule is CNC(C(=O)NCc1ccc(C2(C)NC(=O)NC2=O)cc1)c1cnn(C)c1. The van der Waals surface area contributed by atoms with Crippen LogP contribution in [-0.4, -0.2) is 34.7 Å². The number of aromatic nitrogens is 2. The van der Waals surface area contributed by atoms with Gasteiger partial charge in [0.1, 0.15) is 11.6 Å². The minimum Gasteiger partial charge on any atom is -0.350 e. The standard InChI is InChI=1S/C18H22N6O3/c1-18(16(26)22-17(27)23-18)13-6-4-11(5-7-13)8-20-15(25)14(19-2)12-9-21-24(3)10-12/h4-7,9-10,14,19H,8H2,1-3H3,(H,20,25)(H2,22,23,26,27). The third kappa shape index (κ3) is 3.68. The van der Waals surface area contributed by atoms with Crippen molar-refractivity contribution in [2.45, 2.75) is 25.0 Å². The number of imide groups is 1. The number of carbonyl (C=O) groups excluding carboxylic acids is 3. The van der Waals surface area contributed by atoms with Crippen molar-refractivity contribution in [3.8, 4) is 0 Å². The molecule has 2 aromatic rings. The molecular weight excluding hydrogens is 348 g/mol. The summed E-state index contributed by atoms with van der Waals surface area (Å²) < 4.78 is 1.64. The molecule has 0 aliphatic carbocycles. The van der Waals surface area contributed by atoms with E-state index in [1.165, 1.54) is 0 Å². The number of likely N-dealkylation sites (N-methyl/N-ethyl adjacent to an activating group) is 1. The van der Waals surface area contributed by atoms with E-state index in [9.17, 15) is 14.4 Å². The second-order valence-electron chi connectivity index (χ2n) is 6.62. The fourth-order valence-electron chi connectivity index (χ4n) is 3.03. The van der Waals surface area contributed by atoms with Crippen LogP contribution < -0.4 is 21.3 Å². The van der Waals surface area contributed by atoms with Crippen LogP contribution in [0.15, 0.2) is 36.7 Å². The van der Waals surface area contributed by atoms with Crippen LogP contribution in [0, 0.1) is 0 Å². The molecule has 4 N–H and O–H groups in total. The summed E-state index contributed by atoms with van der Waals surface area (Å²) in [4.78, 5) is 35.8. The lowest BCUT2D eigenvalue weighted by Crippen LogP contribution is -2.40. The molecular formula is C18H22N6O3. The van der Waals surface area contributed by atoms with E-state index in [0.717, 1.165) is 11.1 Å². The lowest BCUT2D eigenvalue weighted by Gasteiger charge is -2.21. The van der Waals surface area contributed by atoms with Gasteiger partial charge in [-0.3, -0.25) is 19.6 Å². The maximum absolute atomic E-state index is 12.5. The van der Waals surface area contributed by atoms with Crippen LogP contribution in [0.25, 0.3) is 0 Å². The van der Waals surface area contributed by atoms with Crippen molar-refractivity contribution in [3.05, 3.63) is 53.3 Å². The monoisotopic (exact) mass is 370 g/mol. The number of hydrogen-bond donors (Lipinski definition) is 4. The molecule has 0 spiro atoms. The van der Waals surface area contributed by atoms with Crippen LogP contribution in [-0.2, 0) is 28.7 Å². The van der Waals surface area contributed by atoms with Gasteiger partial charge in [-0.1, -0.05) is 24.3 Å². The van der Waals surface area contributed by atoms with Gasteiger partial charge < -0.3 is 16.0 Å². The molecule has 1 aliphatic heterocycles. The zero-order chi connectivity index (χ0) is 19.6. The van der Waals surface area contributed by atoms with Gasteiger partial charge in [0.2, 0.25) is 5.91 Å². The van der Waals surface area contributed by atoms with Crippen molar-refractivity contribution in [2.24, 2.45) is 7.05 Å². The molecule has 4 amide bonds. The van der Waals surface area contributed by atoms with Gasteiger partial charge in [-0.15, -0.1) is 0 Å². The van der Waals surface area contributed by atoms with Crippen LogP contribution in [0.3, 0.4) is 0 Å². The van der Waals surface area contributed by atoms with Gasteiger partial charge in [0.25, 0.3) is 5.91 Å². The maximum atomic E-state index is 12.5. The Morgan fingerprint density at radius 1 is 1.30 bits per heavy atom. The van der Waals surface area contributed by atoms with E-state index in [2.05, 4.69) is 26.4 Å². The Bertz CT molecular complexity index is 875. The highest BCUT2D eigenvalue weighted by atomic mass is 16.2. The van der Waals surface area contributed by atoms with Gasteiger partial charge in [-0.25, -0.2) is 4.79 Å². The average Bonchev–Trinajstić information content (AvgIpc) is 3.17. The molecule has 0 radical (unpaired) electrons. The largest absolute Gasteiger partial charge is 0.350 e. The zero-order valence-corrected chi connectivity index (χ0v) is 15.4. The minimum absolute atomic E-state index is 0.163. The van der Waals surface area contributed by atoms with Crippen LogP contribution in [0.4, 0.5) is 4.79 Å². The molecule has 3 rings (SSSR count). The number of nitrogens with one attached hydrogen (secondary N) is 4. The van der Waals surface area contributed by atoms with Crippen molar-refractivity contribution >= 4 is 17.8 Å². The quantitative estimate of drug-likeness (QED) is 0.536. The van der Waals surface area contributed by atoms with Gasteiger partial charge >= 0.3 is 6.03 Å². The first kappa shape index (κ1) is 18.6. The number of urea groups is 1. The molecule has 2 unspecified atom stereocenters. The summed E-state index contributed by atoms with van der Waals surface area (Å²) in [7, 11) is 3.51. The molecule has 9 heteroatoms. The molecule has 1 aromatic heterocycles. The summed E-state index contributed by atoms with van der Waals surface area (Å²) in [6.07, 6.45) is 3.44. The minimum atomic E-state index is -1.09. The number of rotatable bonds is 6. The average molecular weight is 370 g/mol. The van der Waals surface area contributed by atoms with E-state index in [1.807, 2.05) is 12.1 Å². The first-order chi connectivity index (χ1) is 12.8. The number of aryl methyl sites for hydroxylation is 1. The van der Waals surface area contributed by atoms with E-state index in [-0.39, 0.29) is 11.8 Å². The lowest BCUT2D eigenvalue weighted by atomic mass is 9.91. The van der Waals surface area contributed by atoms with Crippen molar-refractivity contribution in [1.82, 2.24) is 31.0 Å². The predicted molar refractivity (Wildman–Crippen MR) is 97.3 cm³/mol. The van der Waals surface area contributed by atoms with E-state index in [1.54, 1.807) is 50.2 Å². The third-order valence-electron chi connectivity index (χ3n) is 4.65. The van der Waals surface area contributed by atoms with E-state index >= 15 is 0 Å². The summed E-state index contributed by atoms with van der Waals surface area (Å²) in [5, 5.41) is 14.8. The lowest BCUT2D eigenvalue weighted by molar-refractivity contribution is -0.124. The molecule has 142 valence electrons. The highest BCUT2D eigenvalue weighted by Crippen LogP contribution is 2.24. The fourth-order valence-corrected chi connectivity index (χ4v) is 3.03. The molecule has 2 atom stereocenters. The first-order valence-corrected chi connectivity index (χ1v) is 8.50. The van der Waals surface area contributed by atoms with Gasteiger partial charge in [-0.05, 0) is 25.1 Å². The second-order valence-corrected chi connectivity index (χ2v) is 6.62. The second kappa shape index (κ2) is 7.20. The van der Waals surface area contributed by atoms with E-state index in [0.29, 0.717) is 12.1 Å². The molecule has 9 nitrogen and oxygen atoms in total. The Balaban J connectivity index is 1.64. The molecule has 2 heterocycles. The highest BCUT2D eigenvalue weighted by molar-refractivity contribution is 6.07. The molecule has 27 heavy (non-hydrogen) atoms. The molecule has 1 saturated heterocycles. The topological polar surface area (TPSA) is 117 Å². The first-order valence-electron chi connectivity index (χ1n) is 8.50. The normalized spacial score (nSPS) is 20.1. The van der Waals surface area contributed by atoms with Crippen LogP contribution in [0.1, 0.15) is 29.7 Å². The summed E-state index contributed by atoms with van der Waals surface area (Å²) >= 11 is 0. The van der Waals surface area contributed by atoms with E-state index < -0.39 is 17.6 Å². The Morgan fingerprint density at radius 3 is 2.52 bits per heavy atom. The van der Waals surface area contributed by atoms with Gasteiger partial charge in [0, 0.05) is 25.4 Å². The zero-order valence-electron chi connectivity index (χ0n) is 15.4. The van der Waals surface area contributed by atoms with Crippen molar-refractivity contribution in [3.63, 3.8) is 0 Å². The maximum Gasteiger partial charge on any atom is 0.322 e. The van der Waals surface area contributed by atoms with Crippen LogP contribution in [0.2, 0.25) is 0 Å². The molecule has 1 aromatic carbocycles. The van der Waals surface area contributed by atoms with Gasteiger partial charge in [-0.2, -0.15) is 5.10 Å². The van der Waals surface area contributed by atoms with Crippen molar-refractivity contribution in [2.75, 3.05) is 7.05 Å². The Labute approximate surface area is 156 Å². The summed E-state index contributed by atoms with van der Waals surface area (Å²) in [6.45, 7) is 1.99. The summed E-state index contributed by atoms with van der Waals surface area (Å²) in [5.74, 6) is -0.550. The van der Waals surface area contributed by atoms with Gasteiger partial charge in [0.15, 0.2) is 0 Å². The number of hydrogen-bond acceptors (Lipinski definition) is 5. The number of nitrogens with zero attached hydrogens (tertiary/aromatic N) is 2. The summed E-state index contributed by atoms with van der Waals surface area (Å²) in [6, 6.07) is 6.17. The van der Waals surface area contributed by atoms with Crippen LogP contribution >= 0.6 is 0 Å². The third-order valence-corrected chi connectivity index (χ3v) is 4.65. The van der Waals surface area contributed by atoms with E-state index in [4.69, 9.17) is 0 Å². The molecule has 1 fully saturated rings. The van der Waals surface area contributed by atoms with Gasteiger partial charge in [0.05, 0.1) is 6.20 Å². The Hall–Kier alpha value is -3.20. The molecule has 0 bridgehead atoms. The summed E-state index contributed by atoms with van der Waals surface area (Å²) in [5.41, 5.74) is 1.24. The number of benzene rings is 1. The molecule has 0 saturated carbocycles. The van der Waals surface area contributed by atoms with Crippen LogP contribution in [0.5, 0.6) is 0 Å². The highest BCUT2D eigenvalue weighted by Gasteiger charge is 2.43.